The Kier molecular flexibility index (Phi) is 10.7. The van der Waals surface area contributed by atoms with Crippen molar-refractivity contribution < 1.29 is 13.2 Å². The number of halogens is 4. The Labute approximate surface area is 185 Å². The van der Waals surface area contributed by atoms with Crippen molar-refractivity contribution in [3.05, 3.63) is 28.2 Å². The monoisotopic (exact) mass is 531 g/mol. The van der Waals surface area contributed by atoms with Crippen molar-refractivity contribution in [2.75, 3.05) is 32.7 Å². The van der Waals surface area contributed by atoms with Gasteiger partial charge >= 0.3 is 6.18 Å². The number of guanidine groups is 1. The number of piperidine rings is 1. The van der Waals surface area contributed by atoms with E-state index in [9.17, 15) is 13.2 Å². The van der Waals surface area contributed by atoms with Gasteiger partial charge in [0.2, 0.25) is 0 Å². The van der Waals surface area contributed by atoms with E-state index in [4.69, 9.17) is 0 Å². The maximum Gasteiger partial charge on any atom is 0.434 e. The molecule has 1 aliphatic rings. The second-order valence-corrected chi connectivity index (χ2v) is 7.73. The number of thiazole rings is 1. The number of likely N-dealkylation sites (tertiary alicyclic amines) is 1. The highest BCUT2D eigenvalue weighted by Gasteiger charge is 2.33. The first kappa shape index (κ1) is 25.2. The van der Waals surface area contributed by atoms with Crippen molar-refractivity contribution in [3.8, 4) is 0 Å². The Bertz CT molecular complexity index is 639. The molecule has 1 aromatic heterocycles. The van der Waals surface area contributed by atoms with Gasteiger partial charge in [-0.1, -0.05) is 12.2 Å². The van der Waals surface area contributed by atoms with E-state index in [1.807, 2.05) is 13.8 Å². The third-order valence-corrected chi connectivity index (χ3v) is 5.11. The largest absolute Gasteiger partial charge is 0.434 e. The van der Waals surface area contributed by atoms with Crippen molar-refractivity contribution in [2.24, 2.45) is 4.99 Å². The van der Waals surface area contributed by atoms with Gasteiger partial charge in [0.15, 0.2) is 11.7 Å². The van der Waals surface area contributed by atoms with Crippen molar-refractivity contribution >= 4 is 41.3 Å². The molecule has 1 saturated heterocycles. The third-order valence-electron chi connectivity index (χ3n) is 4.20. The maximum atomic E-state index is 12.6. The van der Waals surface area contributed by atoms with Gasteiger partial charge in [0, 0.05) is 50.6 Å². The molecule has 160 valence electrons. The number of nitrogens with zero attached hydrogens (tertiary/aromatic N) is 3. The molecule has 10 heteroatoms. The lowest BCUT2D eigenvalue weighted by Crippen LogP contribution is -2.48. The topological polar surface area (TPSA) is 52.5 Å². The second kappa shape index (κ2) is 12.0. The molecule has 2 N–H and O–H groups in total. The number of nitrogens with one attached hydrogen (secondary N) is 2. The molecule has 2 rings (SSSR count). The number of hydrogen-bond acceptors (Lipinski definition) is 4. The summed E-state index contributed by atoms with van der Waals surface area (Å²) in [7, 11) is 0. The van der Waals surface area contributed by atoms with Gasteiger partial charge in [0.1, 0.15) is 0 Å². The highest BCUT2D eigenvalue weighted by atomic mass is 127. The van der Waals surface area contributed by atoms with E-state index in [-0.39, 0.29) is 24.0 Å². The van der Waals surface area contributed by atoms with Crippen LogP contribution in [0.1, 0.15) is 37.4 Å². The molecule has 0 atom stereocenters. The maximum absolute atomic E-state index is 12.6. The van der Waals surface area contributed by atoms with Crippen molar-refractivity contribution in [3.63, 3.8) is 0 Å². The summed E-state index contributed by atoms with van der Waals surface area (Å²) in [5, 5.41) is 8.15. The van der Waals surface area contributed by atoms with Gasteiger partial charge in [-0.2, -0.15) is 13.2 Å². The minimum Gasteiger partial charge on any atom is -0.357 e. The minimum atomic E-state index is -4.38. The van der Waals surface area contributed by atoms with E-state index >= 15 is 0 Å². The quantitative estimate of drug-likeness (QED) is 0.243. The fourth-order valence-corrected chi connectivity index (χ4v) is 3.74. The number of aliphatic imine (C=N–C) groups is 1. The predicted octanol–water partition coefficient (Wildman–Crippen LogP) is 3.92. The van der Waals surface area contributed by atoms with Crippen molar-refractivity contribution in [1.29, 1.82) is 0 Å². The molecule has 0 spiro atoms. The van der Waals surface area contributed by atoms with E-state index < -0.39 is 11.9 Å². The number of aromatic nitrogens is 1. The van der Waals surface area contributed by atoms with E-state index in [0.717, 1.165) is 55.7 Å². The Hall–Kier alpha value is -0.880. The van der Waals surface area contributed by atoms with Crippen molar-refractivity contribution in [2.45, 2.75) is 45.3 Å². The molecular weight excluding hydrogens is 502 g/mol. The van der Waals surface area contributed by atoms with Crippen LogP contribution in [-0.4, -0.2) is 54.6 Å². The lowest BCUT2D eigenvalue weighted by atomic mass is 10.0. The zero-order valence-corrected chi connectivity index (χ0v) is 19.5. The summed E-state index contributed by atoms with van der Waals surface area (Å²) in [6.45, 7) is 12.1. The van der Waals surface area contributed by atoms with Gasteiger partial charge in [-0.05, 0) is 26.7 Å². The van der Waals surface area contributed by atoms with Gasteiger partial charge in [0.05, 0.1) is 5.01 Å². The molecule has 28 heavy (non-hydrogen) atoms. The van der Waals surface area contributed by atoms with Gasteiger partial charge in [0.25, 0.3) is 0 Å². The first-order valence-corrected chi connectivity index (χ1v) is 10.1. The van der Waals surface area contributed by atoms with E-state index in [1.54, 1.807) is 0 Å². The third kappa shape index (κ3) is 8.64. The molecule has 0 aliphatic carbocycles. The summed E-state index contributed by atoms with van der Waals surface area (Å²) in [5.74, 6) is 0.712. The Morgan fingerprint density at radius 2 is 2.07 bits per heavy atom. The number of rotatable bonds is 7. The molecule has 2 heterocycles. The molecule has 5 nitrogen and oxygen atoms in total. The smallest absolute Gasteiger partial charge is 0.357 e. The molecule has 1 fully saturated rings. The normalized spacial score (nSPS) is 16.5. The average Bonchev–Trinajstić information content (AvgIpc) is 3.05. The van der Waals surface area contributed by atoms with Gasteiger partial charge in [-0.3, -0.25) is 9.89 Å². The van der Waals surface area contributed by atoms with Gasteiger partial charge in [-0.25, -0.2) is 4.98 Å². The Morgan fingerprint density at radius 3 is 2.61 bits per heavy atom. The molecule has 0 bridgehead atoms. The van der Waals surface area contributed by atoms with E-state index in [2.05, 4.69) is 32.1 Å². The molecular formula is C18H29F3IN5S. The van der Waals surface area contributed by atoms with Crippen LogP contribution in [0.2, 0.25) is 0 Å². The SMILES string of the molecule is C=C(C)CN1CCC(NC(=NCCc2nc(C(F)(F)F)cs2)NCC)CC1.I. The zero-order chi connectivity index (χ0) is 19.9. The first-order valence-electron chi connectivity index (χ1n) is 9.21. The standard InChI is InChI=1S/C18H28F3N5S.HI/c1-4-22-17(24-14-6-9-26(10-7-14)11-13(2)3)23-8-5-16-25-15(12-27-16)18(19,20)21;/h12,14H,2,4-11H2,1,3H3,(H2,22,23,24);1H. The van der Waals surface area contributed by atoms with Crippen molar-refractivity contribution in [1.82, 2.24) is 20.5 Å². The van der Waals surface area contributed by atoms with Crippen LogP contribution in [0.5, 0.6) is 0 Å². The predicted molar refractivity (Wildman–Crippen MR) is 120 cm³/mol. The lowest BCUT2D eigenvalue weighted by Gasteiger charge is -2.33. The summed E-state index contributed by atoms with van der Waals surface area (Å²) in [5.41, 5.74) is 0.352. The summed E-state index contributed by atoms with van der Waals surface area (Å²) >= 11 is 1.03. The van der Waals surface area contributed by atoms with Crippen LogP contribution in [0.25, 0.3) is 0 Å². The zero-order valence-electron chi connectivity index (χ0n) is 16.3. The lowest BCUT2D eigenvalue weighted by molar-refractivity contribution is -0.140. The van der Waals surface area contributed by atoms with Crippen LogP contribution in [0, 0.1) is 0 Å². The Morgan fingerprint density at radius 1 is 1.39 bits per heavy atom. The highest BCUT2D eigenvalue weighted by Crippen LogP contribution is 2.30. The first-order chi connectivity index (χ1) is 12.8. The number of alkyl halides is 3. The molecule has 0 radical (unpaired) electrons. The molecule has 0 amide bonds. The van der Waals surface area contributed by atoms with Crippen LogP contribution in [-0.2, 0) is 12.6 Å². The molecule has 0 aromatic carbocycles. The van der Waals surface area contributed by atoms with Gasteiger partial charge < -0.3 is 10.6 Å². The fourth-order valence-electron chi connectivity index (χ4n) is 2.95. The molecule has 1 aliphatic heterocycles. The fraction of sp³-hybridized carbons (Fsp3) is 0.667. The summed E-state index contributed by atoms with van der Waals surface area (Å²) < 4.78 is 37.8. The second-order valence-electron chi connectivity index (χ2n) is 6.79. The highest BCUT2D eigenvalue weighted by molar-refractivity contribution is 14.0. The molecule has 1 aromatic rings. The van der Waals surface area contributed by atoms with Gasteiger partial charge in [-0.15, -0.1) is 35.3 Å². The van der Waals surface area contributed by atoms with Crippen LogP contribution < -0.4 is 10.6 Å². The van der Waals surface area contributed by atoms with E-state index in [0.29, 0.717) is 30.0 Å². The number of hydrogen-bond donors (Lipinski definition) is 2. The summed E-state index contributed by atoms with van der Waals surface area (Å²) in [4.78, 5) is 10.5. The van der Waals surface area contributed by atoms with Crippen LogP contribution >= 0.6 is 35.3 Å². The van der Waals surface area contributed by atoms with Crippen LogP contribution in [0.15, 0.2) is 22.5 Å². The molecule has 0 unspecified atom stereocenters. The summed E-state index contributed by atoms with van der Waals surface area (Å²) in [6, 6.07) is 0.348. The average molecular weight is 531 g/mol. The van der Waals surface area contributed by atoms with E-state index in [1.165, 1.54) is 5.57 Å². The van der Waals surface area contributed by atoms with Crippen LogP contribution in [0.3, 0.4) is 0 Å². The van der Waals surface area contributed by atoms with Crippen LogP contribution in [0.4, 0.5) is 13.2 Å². The minimum absolute atomic E-state index is 0. The molecule has 0 saturated carbocycles. The Balaban J connectivity index is 0.00000392. The summed E-state index contributed by atoms with van der Waals surface area (Å²) in [6.07, 6.45) is -1.93.